The van der Waals surface area contributed by atoms with E-state index in [-0.39, 0.29) is 12.3 Å². The number of carbonyl (C=O) groups is 1. The van der Waals surface area contributed by atoms with E-state index in [4.69, 9.17) is 4.74 Å². The first-order valence-corrected chi connectivity index (χ1v) is 10.9. The first kappa shape index (κ1) is 21.0. The van der Waals surface area contributed by atoms with Gasteiger partial charge in [0.1, 0.15) is 5.71 Å². The van der Waals surface area contributed by atoms with Crippen molar-refractivity contribution in [3.63, 3.8) is 0 Å². The summed E-state index contributed by atoms with van der Waals surface area (Å²) in [5, 5.41) is -1.09. The number of ether oxygens (including phenoxy) is 1. The van der Waals surface area contributed by atoms with E-state index in [0.717, 1.165) is 4.31 Å². The fourth-order valence-electron chi connectivity index (χ4n) is 3.25. The number of aliphatic imine (C=N–C) groups is 1. The third-order valence-corrected chi connectivity index (χ3v) is 6.70. The van der Waals surface area contributed by atoms with Crippen molar-refractivity contribution >= 4 is 21.6 Å². The van der Waals surface area contributed by atoms with E-state index in [1.807, 2.05) is 6.07 Å². The van der Waals surface area contributed by atoms with Gasteiger partial charge in [-0.2, -0.15) is 0 Å². The summed E-state index contributed by atoms with van der Waals surface area (Å²) in [5.74, 6) is -0.0438. The Morgan fingerprint density at radius 3 is 2.41 bits per heavy atom. The molecule has 0 bridgehead atoms. The van der Waals surface area contributed by atoms with Gasteiger partial charge in [0.2, 0.25) is 5.88 Å². The number of nitrogens with zero attached hydrogens (tertiary/aromatic N) is 3. The maximum atomic E-state index is 13.2. The quantitative estimate of drug-likeness (QED) is 0.677. The normalized spacial score (nSPS) is 20.2. The zero-order valence-corrected chi connectivity index (χ0v) is 17.6. The lowest BCUT2D eigenvalue weighted by molar-refractivity contribution is -0.122. The maximum Gasteiger partial charge on any atom is 0.283 e. The van der Waals surface area contributed by atoms with Gasteiger partial charge in [-0.25, -0.2) is 17.7 Å². The topological polar surface area (TPSA) is 88.9 Å². The summed E-state index contributed by atoms with van der Waals surface area (Å²) >= 11 is 0. The van der Waals surface area contributed by atoms with Gasteiger partial charge in [0, 0.05) is 25.2 Å². The Balaban J connectivity index is 1.82. The van der Waals surface area contributed by atoms with Crippen LogP contribution in [0.15, 0.2) is 59.7 Å². The summed E-state index contributed by atoms with van der Waals surface area (Å²) in [4.78, 5) is 21.5. The Bertz CT molecular complexity index is 984. The molecule has 0 aliphatic carbocycles. The molecular weight excluding hydrogens is 390 g/mol. The van der Waals surface area contributed by atoms with Crippen molar-refractivity contribution in [3.8, 4) is 5.88 Å². The third-order valence-electron chi connectivity index (χ3n) is 4.39. The van der Waals surface area contributed by atoms with Crippen molar-refractivity contribution in [1.29, 1.82) is 0 Å². The van der Waals surface area contributed by atoms with Gasteiger partial charge in [-0.05, 0) is 32.4 Å². The van der Waals surface area contributed by atoms with E-state index in [1.54, 1.807) is 69.4 Å². The number of hydrogen-bond donors (Lipinski definition) is 0. The van der Waals surface area contributed by atoms with E-state index < -0.39 is 26.7 Å². The number of amides is 1. The Hall–Kier alpha value is -2.74. The highest BCUT2D eigenvalue weighted by molar-refractivity contribution is 7.91. The number of hydrogen-bond acceptors (Lipinski definition) is 6. The van der Waals surface area contributed by atoms with E-state index in [0.29, 0.717) is 24.5 Å². The molecular formula is C21H25N3O4S. The predicted molar refractivity (Wildman–Crippen MR) is 111 cm³/mol. The first-order valence-electron chi connectivity index (χ1n) is 9.44. The number of rotatable bonds is 6. The fraction of sp³-hybridized carbons (Fsp3) is 0.381. The summed E-state index contributed by atoms with van der Waals surface area (Å²) in [6.45, 7) is 5.76. The molecule has 2 heterocycles. The van der Waals surface area contributed by atoms with Crippen LogP contribution >= 0.6 is 0 Å². The summed E-state index contributed by atoms with van der Waals surface area (Å²) < 4.78 is 32.9. The van der Waals surface area contributed by atoms with Crippen molar-refractivity contribution in [3.05, 3.63) is 60.3 Å². The lowest BCUT2D eigenvalue weighted by Crippen LogP contribution is -2.45. The van der Waals surface area contributed by atoms with E-state index in [9.17, 15) is 13.2 Å². The minimum Gasteiger partial charge on any atom is -0.478 e. The predicted octanol–water partition coefficient (Wildman–Crippen LogP) is 3.00. The number of aromatic nitrogens is 1. The number of carbonyl (C=O) groups excluding carboxylic acids is 1. The summed E-state index contributed by atoms with van der Waals surface area (Å²) in [5.41, 5.74) is -0.275. The van der Waals surface area contributed by atoms with Gasteiger partial charge in [-0.15, -0.1) is 0 Å². The molecule has 0 radical (unpaired) electrons. The fourth-order valence-corrected chi connectivity index (χ4v) is 5.50. The van der Waals surface area contributed by atoms with Gasteiger partial charge in [-0.1, -0.05) is 36.4 Å². The molecule has 29 heavy (non-hydrogen) atoms. The molecule has 1 saturated heterocycles. The number of sulfonamides is 1. The molecule has 3 rings (SSSR count). The lowest BCUT2D eigenvalue weighted by atomic mass is 10.1. The van der Waals surface area contributed by atoms with Crippen molar-refractivity contribution < 1.29 is 17.9 Å². The van der Waals surface area contributed by atoms with Crippen LogP contribution in [0, 0.1) is 0 Å². The van der Waals surface area contributed by atoms with Crippen LogP contribution in [0.1, 0.15) is 38.0 Å². The van der Waals surface area contributed by atoms with Crippen molar-refractivity contribution in [2.45, 2.75) is 38.0 Å². The van der Waals surface area contributed by atoms with Gasteiger partial charge < -0.3 is 4.74 Å². The van der Waals surface area contributed by atoms with Crippen LogP contribution in [0.25, 0.3) is 0 Å². The van der Waals surface area contributed by atoms with E-state index in [1.165, 1.54) is 0 Å². The SMILES string of the molecule is CC(C)(C)N1C(=O)C(=NCCCOc2ccccn2)C(c2ccccc2)S1(=O)=O. The Labute approximate surface area is 171 Å². The van der Waals surface area contributed by atoms with Gasteiger partial charge in [0.15, 0.2) is 5.25 Å². The minimum absolute atomic E-state index is 0.0592. The van der Waals surface area contributed by atoms with Crippen molar-refractivity contribution in [1.82, 2.24) is 9.29 Å². The van der Waals surface area contributed by atoms with Gasteiger partial charge in [0.05, 0.1) is 12.1 Å². The monoisotopic (exact) mass is 415 g/mol. The molecule has 1 unspecified atom stereocenters. The highest BCUT2D eigenvalue weighted by Gasteiger charge is 2.54. The molecule has 1 atom stereocenters. The summed E-state index contributed by atoms with van der Waals surface area (Å²) in [7, 11) is -3.91. The number of pyridine rings is 1. The average molecular weight is 416 g/mol. The van der Waals surface area contributed by atoms with Crippen LogP contribution in [0.3, 0.4) is 0 Å². The van der Waals surface area contributed by atoms with Crippen LogP contribution in [-0.4, -0.2) is 48.0 Å². The van der Waals surface area contributed by atoms with Gasteiger partial charge >= 0.3 is 0 Å². The van der Waals surface area contributed by atoms with E-state index >= 15 is 0 Å². The Kier molecular flexibility index (Phi) is 6.02. The van der Waals surface area contributed by atoms with Crippen LogP contribution < -0.4 is 4.74 Å². The molecule has 2 aromatic rings. The number of benzene rings is 1. The second-order valence-corrected chi connectivity index (χ2v) is 9.58. The Morgan fingerprint density at radius 1 is 1.10 bits per heavy atom. The van der Waals surface area contributed by atoms with Crippen LogP contribution in [0.5, 0.6) is 5.88 Å². The molecule has 8 heteroatoms. The average Bonchev–Trinajstić information content (AvgIpc) is 2.87. The molecule has 1 amide bonds. The van der Waals surface area contributed by atoms with Gasteiger partial charge in [0.25, 0.3) is 15.9 Å². The second-order valence-electron chi connectivity index (χ2n) is 7.71. The first-order chi connectivity index (χ1) is 13.7. The lowest BCUT2D eigenvalue weighted by Gasteiger charge is -2.30. The van der Waals surface area contributed by atoms with Crippen LogP contribution in [0.2, 0.25) is 0 Å². The molecule has 0 N–H and O–H groups in total. The molecule has 7 nitrogen and oxygen atoms in total. The minimum atomic E-state index is -3.91. The molecule has 1 aliphatic heterocycles. The molecule has 0 saturated carbocycles. The molecule has 1 aliphatic rings. The van der Waals surface area contributed by atoms with Gasteiger partial charge in [-0.3, -0.25) is 9.79 Å². The highest BCUT2D eigenvalue weighted by Crippen LogP contribution is 2.38. The molecule has 1 aromatic heterocycles. The molecule has 0 spiro atoms. The third kappa shape index (κ3) is 4.48. The zero-order valence-electron chi connectivity index (χ0n) is 16.8. The molecule has 1 fully saturated rings. The van der Waals surface area contributed by atoms with Crippen LogP contribution in [-0.2, 0) is 14.8 Å². The van der Waals surface area contributed by atoms with Crippen LogP contribution in [0.4, 0.5) is 0 Å². The Morgan fingerprint density at radius 2 is 1.79 bits per heavy atom. The van der Waals surface area contributed by atoms with Crippen molar-refractivity contribution in [2.24, 2.45) is 4.99 Å². The smallest absolute Gasteiger partial charge is 0.283 e. The molecule has 1 aromatic carbocycles. The molecule has 154 valence electrons. The second kappa shape index (κ2) is 8.32. The van der Waals surface area contributed by atoms with Crippen molar-refractivity contribution in [2.75, 3.05) is 13.2 Å². The van der Waals surface area contributed by atoms with E-state index in [2.05, 4.69) is 9.98 Å². The summed E-state index contributed by atoms with van der Waals surface area (Å²) in [6, 6.07) is 14.1. The largest absolute Gasteiger partial charge is 0.478 e. The maximum absolute atomic E-state index is 13.2. The zero-order chi connectivity index (χ0) is 21.1. The highest BCUT2D eigenvalue weighted by atomic mass is 32.2. The standard InChI is InChI=1S/C21H25N3O4S/c1-21(2,3)24-20(25)18(19(29(24,26)27)16-10-5-4-6-11-16)23-14-9-15-28-17-12-7-8-13-22-17/h4-8,10-13,19H,9,14-15H2,1-3H3. The summed E-state index contributed by atoms with van der Waals surface area (Å²) in [6.07, 6.45) is 2.17.